The van der Waals surface area contributed by atoms with E-state index in [4.69, 9.17) is 0 Å². The number of benzene rings is 2. The highest BCUT2D eigenvalue weighted by molar-refractivity contribution is 6.48. The highest BCUT2D eigenvalue weighted by Crippen LogP contribution is 2.24. The normalized spacial score (nSPS) is 12.8. The van der Waals surface area contributed by atoms with Crippen LogP contribution >= 0.6 is 0 Å². The van der Waals surface area contributed by atoms with E-state index in [1.165, 1.54) is 0 Å². The van der Waals surface area contributed by atoms with Crippen LogP contribution in [-0.2, 0) is 0 Å². The highest BCUT2D eigenvalue weighted by Gasteiger charge is 2.08. The Balaban J connectivity index is 2.52. The third-order valence-electron chi connectivity index (χ3n) is 4.91. The van der Waals surface area contributed by atoms with Crippen LogP contribution in [0.2, 0.25) is 13.1 Å². The van der Waals surface area contributed by atoms with Gasteiger partial charge in [-0.15, -0.1) is 0 Å². The molecule has 0 radical (unpaired) electrons. The lowest BCUT2D eigenvalue weighted by Crippen LogP contribution is -2.25. The summed E-state index contributed by atoms with van der Waals surface area (Å²) in [7, 11) is 0. The maximum absolute atomic E-state index is 9.37. The van der Waals surface area contributed by atoms with E-state index < -0.39 is 0 Å². The fourth-order valence-corrected chi connectivity index (χ4v) is 3.31. The molecule has 0 aromatic heterocycles. The van der Waals surface area contributed by atoms with Gasteiger partial charge in [0.1, 0.15) is 0 Å². The van der Waals surface area contributed by atoms with Gasteiger partial charge in [-0.25, -0.2) is 0 Å². The van der Waals surface area contributed by atoms with Crippen molar-refractivity contribution in [3.8, 4) is 0 Å². The summed E-state index contributed by atoms with van der Waals surface area (Å²) in [4.78, 5) is 0. The molecule has 0 aliphatic rings. The Bertz CT molecular complexity index is 1130. The summed E-state index contributed by atoms with van der Waals surface area (Å²) in [6, 6.07) is 16.5. The van der Waals surface area contributed by atoms with Crippen LogP contribution in [-0.4, -0.2) is 11.9 Å². The van der Waals surface area contributed by atoms with E-state index in [1.807, 2.05) is 54.6 Å². The van der Waals surface area contributed by atoms with Crippen molar-refractivity contribution in [2.24, 2.45) is 0 Å². The van der Waals surface area contributed by atoms with E-state index >= 15 is 0 Å². The van der Waals surface area contributed by atoms with Crippen molar-refractivity contribution in [1.29, 1.82) is 0 Å². The second-order valence-corrected chi connectivity index (χ2v) is 7.41. The van der Waals surface area contributed by atoms with Crippen molar-refractivity contribution in [3.05, 3.63) is 138 Å². The lowest BCUT2D eigenvalue weighted by Gasteiger charge is -2.12. The number of hydrogen-bond donors (Lipinski definition) is 1. The topological polar surface area (TPSA) is 20.2 Å². The van der Waals surface area contributed by atoms with Gasteiger partial charge in [-0.2, -0.15) is 0 Å². The molecule has 0 fully saturated rings. The molecule has 0 amide bonds. The van der Waals surface area contributed by atoms with Gasteiger partial charge in [0.25, 0.3) is 6.92 Å². The van der Waals surface area contributed by atoms with Gasteiger partial charge in [0, 0.05) is 0 Å². The molecule has 156 valence electrons. The van der Waals surface area contributed by atoms with Crippen LogP contribution in [0.5, 0.6) is 0 Å². The van der Waals surface area contributed by atoms with Crippen LogP contribution in [0.25, 0.3) is 17.7 Å². The first kappa shape index (κ1) is 23.9. The van der Waals surface area contributed by atoms with Crippen molar-refractivity contribution >= 4 is 24.6 Å². The minimum atomic E-state index is -0.278. The molecule has 2 aromatic carbocycles. The Hall–Kier alpha value is -3.36. The lowest BCUT2D eigenvalue weighted by molar-refractivity contribution is 0.576. The second kappa shape index (κ2) is 12.4. The molecule has 2 rings (SSSR count). The molecule has 0 heterocycles. The summed E-state index contributed by atoms with van der Waals surface area (Å²) in [5.74, 6) is 0. The first-order valence-electron chi connectivity index (χ1n) is 10.5. The van der Waals surface area contributed by atoms with Gasteiger partial charge < -0.3 is 5.02 Å². The van der Waals surface area contributed by atoms with Crippen molar-refractivity contribution < 1.29 is 5.02 Å². The standard InChI is InChI=1S/C29H31BO/c1-6-15-25(7-2)26-18-14-19-27(22-26)29(28-20-12-11-16-23(28)3)24(4)17-10-8-9-13-21-30(5)31/h6-12,14-20,22,31H,1-4,13,21H2,5H3/b9-8-,17-10-,25-15+,29-28+. The van der Waals surface area contributed by atoms with Crippen LogP contribution in [0.15, 0.2) is 116 Å². The van der Waals surface area contributed by atoms with Gasteiger partial charge in [0.05, 0.1) is 0 Å². The van der Waals surface area contributed by atoms with E-state index in [-0.39, 0.29) is 6.92 Å². The molecule has 0 bridgehead atoms. The smallest absolute Gasteiger partial charge is 0.286 e. The molecule has 31 heavy (non-hydrogen) atoms. The lowest BCUT2D eigenvalue weighted by atomic mass is 9.67. The predicted molar refractivity (Wildman–Crippen MR) is 139 cm³/mol. The summed E-state index contributed by atoms with van der Waals surface area (Å²) < 4.78 is 0. The van der Waals surface area contributed by atoms with Crippen LogP contribution in [0.1, 0.15) is 17.5 Å². The summed E-state index contributed by atoms with van der Waals surface area (Å²) in [5, 5.41) is 11.4. The van der Waals surface area contributed by atoms with Gasteiger partial charge in [-0.05, 0) is 57.1 Å². The molecule has 0 unspecified atom stereocenters. The summed E-state index contributed by atoms with van der Waals surface area (Å²) in [5.41, 5.74) is 5.10. The Morgan fingerprint density at radius 2 is 1.77 bits per heavy atom. The van der Waals surface area contributed by atoms with Gasteiger partial charge in [-0.1, -0.05) is 118 Å². The van der Waals surface area contributed by atoms with Crippen LogP contribution in [0.4, 0.5) is 0 Å². The van der Waals surface area contributed by atoms with Crippen LogP contribution in [0.3, 0.4) is 0 Å². The van der Waals surface area contributed by atoms with E-state index in [2.05, 4.69) is 56.7 Å². The fraction of sp³-hybridized carbons (Fsp3) is 0.103. The molecule has 0 saturated carbocycles. The number of hydrogen-bond acceptors (Lipinski definition) is 1. The Morgan fingerprint density at radius 1 is 1.03 bits per heavy atom. The van der Waals surface area contributed by atoms with E-state index in [9.17, 15) is 5.02 Å². The Labute approximate surface area is 187 Å². The zero-order chi connectivity index (χ0) is 22.6. The van der Waals surface area contributed by atoms with Crippen LogP contribution < -0.4 is 10.4 Å². The van der Waals surface area contributed by atoms with Crippen LogP contribution in [0, 0.1) is 0 Å². The predicted octanol–water partition coefficient (Wildman–Crippen LogP) is 5.72. The monoisotopic (exact) mass is 406 g/mol. The highest BCUT2D eigenvalue weighted by atomic mass is 16.2. The number of rotatable bonds is 10. The third-order valence-corrected chi connectivity index (χ3v) is 4.91. The number of allylic oxidation sites excluding steroid dienone is 9. The maximum Gasteiger partial charge on any atom is 0.286 e. The third kappa shape index (κ3) is 7.13. The van der Waals surface area contributed by atoms with Crippen molar-refractivity contribution in [2.45, 2.75) is 19.6 Å². The largest absolute Gasteiger partial charge is 0.451 e. The molecule has 2 aromatic rings. The zero-order valence-electron chi connectivity index (χ0n) is 18.4. The summed E-state index contributed by atoms with van der Waals surface area (Å²) in [6.07, 6.45) is 15.2. The van der Waals surface area contributed by atoms with E-state index in [0.717, 1.165) is 51.0 Å². The zero-order valence-corrected chi connectivity index (χ0v) is 18.4. The van der Waals surface area contributed by atoms with Crippen molar-refractivity contribution in [1.82, 2.24) is 0 Å². The van der Waals surface area contributed by atoms with Gasteiger partial charge in [0.15, 0.2) is 0 Å². The molecule has 0 aliphatic carbocycles. The Kier molecular flexibility index (Phi) is 9.54. The average molecular weight is 406 g/mol. The fourth-order valence-electron chi connectivity index (χ4n) is 3.31. The molecular formula is C29H31BO. The van der Waals surface area contributed by atoms with Gasteiger partial charge in [0.2, 0.25) is 0 Å². The summed E-state index contributed by atoms with van der Waals surface area (Å²) >= 11 is 0. The minimum absolute atomic E-state index is 0.278. The van der Waals surface area contributed by atoms with Gasteiger partial charge >= 0.3 is 0 Å². The molecule has 2 heteroatoms. The van der Waals surface area contributed by atoms with Gasteiger partial charge in [-0.3, -0.25) is 0 Å². The first-order chi connectivity index (χ1) is 15.0. The minimum Gasteiger partial charge on any atom is -0.451 e. The van der Waals surface area contributed by atoms with Crippen molar-refractivity contribution in [3.63, 3.8) is 0 Å². The SMILES string of the molecule is C=C/C=C(\C=C)c1cccc(/C(C(=C)/C=C\C=C/CCB(C)O)=c2\ccccc2=C)c1. The van der Waals surface area contributed by atoms with Crippen molar-refractivity contribution in [2.75, 3.05) is 0 Å². The Morgan fingerprint density at radius 3 is 2.45 bits per heavy atom. The average Bonchev–Trinajstić information content (AvgIpc) is 2.76. The quantitative estimate of drug-likeness (QED) is 0.395. The second-order valence-electron chi connectivity index (χ2n) is 7.41. The summed E-state index contributed by atoms with van der Waals surface area (Å²) in [6.45, 7) is 17.8. The molecule has 0 aliphatic heterocycles. The van der Waals surface area contributed by atoms with E-state index in [1.54, 1.807) is 12.9 Å². The molecule has 0 saturated heterocycles. The van der Waals surface area contributed by atoms with E-state index in [0.29, 0.717) is 0 Å². The maximum atomic E-state index is 9.37. The molecular weight excluding hydrogens is 375 g/mol. The molecule has 0 spiro atoms. The first-order valence-corrected chi connectivity index (χ1v) is 10.5. The molecule has 0 atom stereocenters. The molecule has 1 N–H and O–H groups in total. The molecule has 1 nitrogen and oxygen atoms in total.